The number of benzene rings is 2. The summed E-state index contributed by atoms with van der Waals surface area (Å²) in [5, 5.41) is 9.72. The molecule has 1 aliphatic heterocycles. The second kappa shape index (κ2) is 8.45. The number of amides is 1. The molecule has 1 saturated heterocycles. The van der Waals surface area contributed by atoms with Gasteiger partial charge in [0.1, 0.15) is 15.8 Å². The Kier molecular flexibility index (Phi) is 6.01. The van der Waals surface area contributed by atoms with E-state index in [1.165, 1.54) is 7.11 Å². The Balaban J connectivity index is 1.97. The van der Waals surface area contributed by atoms with Gasteiger partial charge >= 0.3 is 5.97 Å². The molecule has 6 nitrogen and oxygen atoms in total. The Labute approximate surface area is 171 Å². The van der Waals surface area contributed by atoms with Crippen molar-refractivity contribution in [2.75, 3.05) is 14.2 Å². The minimum absolute atomic E-state index is 0.194. The second-order valence-electron chi connectivity index (χ2n) is 5.81. The van der Waals surface area contributed by atoms with Crippen LogP contribution in [0, 0.1) is 0 Å². The molecule has 144 valence electrons. The molecule has 8 heteroatoms. The van der Waals surface area contributed by atoms with Gasteiger partial charge in [0.05, 0.1) is 19.1 Å². The highest BCUT2D eigenvalue weighted by atomic mass is 32.2. The molecule has 0 radical (unpaired) electrons. The van der Waals surface area contributed by atoms with E-state index in [0.717, 1.165) is 16.7 Å². The number of ether oxygens (including phenoxy) is 2. The molecule has 1 aliphatic rings. The normalized spacial score (nSPS) is 16.4. The Morgan fingerprint density at radius 3 is 2.50 bits per heavy atom. The van der Waals surface area contributed by atoms with Crippen molar-refractivity contribution in [3.8, 4) is 11.5 Å². The molecule has 0 unspecified atom stereocenters. The van der Waals surface area contributed by atoms with Gasteiger partial charge in [-0.15, -0.1) is 0 Å². The van der Waals surface area contributed by atoms with E-state index in [2.05, 4.69) is 0 Å². The Bertz CT molecular complexity index is 958. The summed E-state index contributed by atoms with van der Waals surface area (Å²) in [5.41, 5.74) is 1.14. The van der Waals surface area contributed by atoms with E-state index in [4.69, 9.17) is 21.7 Å². The van der Waals surface area contributed by atoms with Crippen LogP contribution in [-0.4, -0.2) is 40.4 Å². The van der Waals surface area contributed by atoms with Crippen molar-refractivity contribution in [1.29, 1.82) is 0 Å². The van der Waals surface area contributed by atoms with E-state index in [-0.39, 0.29) is 4.32 Å². The molecule has 0 aromatic heterocycles. The number of aliphatic carboxylic acids is 1. The number of thiocarbonyl (C=S) groups is 1. The lowest BCUT2D eigenvalue weighted by Crippen LogP contribution is -2.37. The third kappa shape index (κ3) is 3.88. The molecule has 1 fully saturated rings. The maximum absolute atomic E-state index is 13.0. The molecule has 2 aromatic carbocycles. The first-order valence-electron chi connectivity index (χ1n) is 8.23. The van der Waals surface area contributed by atoms with Gasteiger partial charge in [0.15, 0.2) is 6.04 Å². The van der Waals surface area contributed by atoms with Gasteiger partial charge in [0.25, 0.3) is 5.91 Å². The van der Waals surface area contributed by atoms with Gasteiger partial charge in [-0.25, -0.2) is 4.79 Å². The lowest BCUT2D eigenvalue weighted by Gasteiger charge is -2.23. The summed E-state index contributed by atoms with van der Waals surface area (Å²) >= 11 is 6.38. The van der Waals surface area contributed by atoms with Crippen LogP contribution in [0.5, 0.6) is 11.5 Å². The number of thioether (sulfide) groups is 1. The Hall–Kier alpha value is -2.84. The van der Waals surface area contributed by atoms with Gasteiger partial charge in [0.2, 0.25) is 0 Å². The number of hydrogen-bond acceptors (Lipinski definition) is 6. The first kappa shape index (κ1) is 19.9. The molecule has 0 saturated carbocycles. The van der Waals surface area contributed by atoms with E-state index in [1.807, 2.05) is 0 Å². The first-order chi connectivity index (χ1) is 13.5. The minimum Gasteiger partial charge on any atom is -0.497 e. The van der Waals surface area contributed by atoms with Crippen LogP contribution in [0.25, 0.3) is 6.08 Å². The largest absolute Gasteiger partial charge is 0.497 e. The van der Waals surface area contributed by atoms with E-state index in [0.29, 0.717) is 27.5 Å². The highest BCUT2D eigenvalue weighted by Gasteiger charge is 2.41. The summed E-state index contributed by atoms with van der Waals surface area (Å²) in [6, 6.07) is 12.6. The fraction of sp³-hybridized carbons (Fsp3) is 0.150. The van der Waals surface area contributed by atoms with Crippen molar-refractivity contribution in [2.24, 2.45) is 0 Å². The molecule has 1 atom stereocenters. The highest BCUT2D eigenvalue weighted by molar-refractivity contribution is 8.26. The maximum Gasteiger partial charge on any atom is 0.331 e. The summed E-state index contributed by atoms with van der Waals surface area (Å²) in [5.74, 6) is -0.450. The Morgan fingerprint density at radius 2 is 1.89 bits per heavy atom. The second-order valence-corrected chi connectivity index (χ2v) is 7.49. The van der Waals surface area contributed by atoms with Crippen molar-refractivity contribution < 1.29 is 24.2 Å². The van der Waals surface area contributed by atoms with E-state index in [9.17, 15) is 14.7 Å². The third-order valence-corrected chi connectivity index (χ3v) is 5.49. The van der Waals surface area contributed by atoms with E-state index >= 15 is 0 Å². The van der Waals surface area contributed by atoms with E-state index < -0.39 is 17.9 Å². The third-order valence-electron chi connectivity index (χ3n) is 4.16. The number of hydrogen-bond donors (Lipinski definition) is 1. The van der Waals surface area contributed by atoms with Gasteiger partial charge in [-0.05, 0) is 23.8 Å². The highest BCUT2D eigenvalue weighted by Crippen LogP contribution is 2.39. The fourth-order valence-corrected chi connectivity index (χ4v) is 4.12. The van der Waals surface area contributed by atoms with Gasteiger partial charge < -0.3 is 14.6 Å². The summed E-state index contributed by atoms with van der Waals surface area (Å²) in [4.78, 5) is 26.3. The molecule has 2 aromatic rings. The minimum atomic E-state index is -1.18. The van der Waals surface area contributed by atoms with Crippen LogP contribution < -0.4 is 9.47 Å². The molecule has 0 spiro atoms. The SMILES string of the molecule is COc1ccc(/C=C2\SC(=S)N([C@H](C(=O)O)c3ccccc3)C2=O)c(OC)c1. The van der Waals surface area contributed by atoms with Gasteiger partial charge in [-0.3, -0.25) is 9.69 Å². The summed E-state index contributed by atoms with van der Waals surface area (Å²) in [6.07, 6.45) is 1.64. The van der Waals surface area contributed by atoms with Gasteiger partial charge in [0, 0.05) is 11.6 Å². The monoisotopic (exact) mass is 415 g/mol. The van der Waals surface area contributed by atoms with Crippen LogP contribution in [0.15, 0.2) is 53.4 Å². The number of carbonyl (C=O) groups is 2. The van der Waals surface area contributed by atoms with Crippen LogP contribution in [-0.2, 0) is 9.59 Å². The zero-order valence-corrected chi connectivity index (χ0v) is 16.8. The molecule has 1 N–H and O–H groups in total. The maximum atomic E-state index is 13.0. The van der Waals surface area contributed by atoms with Crippen molar-refractivity contribution in [3.05, 3.63) is 64.6 Å². The fourth-order valence-electron chi connectivity index (χ4n) is 2.82. The average Bonchev–Trinajstić information content (AvgIpc) is 2.97. The number of carboxylic acid groups (broad SMARTS) is 1. The number of rotatable bonds is 6. The first-order valence-corrected chi connectivity index (χ1v) is 9.45. The quantitative estimate of drug-likeness (QED) is 0.569. The predicted octanol–water partition coefficient (Wildman–Crippen LogP) is 3.73. The van der Waals surface area contributed by atoms with Crippen molar-refractivity contribution in [1.82, 2.24) is 4.90 Å². The van der Waals surface area contributed by atoms with E-state index in [1.54, 1.807) is 61.7 Å². The van der Waals surface area contributed by atoms with Crippen molar-refractivity contribution in [3.63, 3.8) is 0 Å². The van der Waals surface area contributed by atoms with Gasteiger partial charge in [-0.1, -0.05) is 54.3 Å². The number of carboxylic acids is 1. The molecule has 28 heavy (non-hydrogen) atoms. The molecule has 0 bridgehead atoms. The number of nitrogens with zero attached hydrogens (tertiary/aromatic N) is 1. The molecular formula is C20H17NO5S2. The van der Waals surface area contributed by atoms with Crippen molar-refractivity contribution in [2.45, 2.75) is 6.04 Å². The molecule has 1 heterocycles. The number of methoxy groups -OCH3 is 2. The van der Waals surface area contributed by atoms with Crippen LogP contribution in [0.3, 0.4) is 0 Å². The van der Waals surface area contributed by atoms with Gasteiger partial charge in [-0.2, -0.15) is 0 Å². The van der Waals surface area contributed by atoms with Crippen LogP contribution in [0.2, 0.25) is 0 Å². The predicted molar refractivity (Wildman–Crippen MR) is 111 cm³/mol. The molecule has 3 rings (SSSR count). The zero-order chi connectivity index (χ0) is 20.3. The van der Waals surface area contributed by atoms with Crippen LogP contribution >= 0.6 is 24.0 Å². The standard InChI is InChI=1S/C20H17NO5S2/c1-25-14-9-8-13(15(11-14)26-2)10-16-18(22)21(20(27)28-16)17(19(23)24)12-6-4-3-5-7-12/h3-11,17H,1-2H3,(H,23,24)/b16-10-/t17-/m0/s1. The number of carbonyl (C=O) groups excluding carboxylic acids is 1. The molecule has 1 amide bonds. The van der Waals surface area contributed by atoms with Crippen LogP contribution in [0.4, 0.5) is 0 Å². The summed E-state index contributed by atoms with van der Waals surface area (Å²) < 4.78 is 10.7. The zero-order valence-electron chi connectivity index (χ0n) is 15.1. The summed E-state index contributed by atoms with van der Waals surface area (Å²) in [6.45, 7) is 0. The Morgan fingerprint density at radius 1 is 1.18 bits per heavy atom. The van der Waals surface area contributed by atoms with Crippen molar-refractivity contribution >= 4 is 46.3 Å². The lowest BCUT2D eigenvalue weighted by atomic mass is 10.1. The van der Waals surface area contributed by atoms with Crippen LogP contribution in [0.1, 0.15) is 17.2 Å². The average molecular weight is 415 g/mol. The summed E-state index contributed by atoms with van der Waals surface area (Å²) in [7, 11) is 3.07. The molecular weight excluding hydrogens is 398 g/mol. The smallest absolute Gasteiger partial charge is 0.331 e. The topological polar surface area (TPSA) is 76.1 Å². The lowest BCUT2D eigenvalue weighted by molar-refractivity contribution is -0.145. The molecule has 0 aliphatic carbocycles.